The van der Waals surface area contributed by atoms with Gasteiger partial charge in [0.05, 0.1) is 12.2 Å². The van der Waals surface area contributed by atoms with Crippen LogP contribution in [0.15, 0.2) is 0 Å². The Morgan fingerprint density at radius 2 is 2.33 bits per heavy atom. The van der Waals surface area contributed by atoms with Gasteiger partial charge in [-0.3, -0.25) is 0 Å². The predicted octanol–water partition coefficient (Wildman–Crippen LogP) is -0.276. The second-order valence-electron chi connectivity index (χ2n) is 4.78. The average molecular weight is 214 g/mol. The number of hydrogen-bond acceptors (Lipinski definition) is 4. The van der Waals surface area contributed by atoms with Crippen molar-refractivity contribution in [2.24, 2.45) is 5.92 Å². The molecule has 2 aliphatic rings. The van der Waals surface area contributed by atoms with Crippen molar-refractivity contribution in [1.29, 1.82) is 0 Å². The molecule has 0 aromatic rings. The number of β-amino-alcohol motifs (C(OH)–C–C–N with tert-alkyl or cyclic N) is 1. The number of rotatable bonds is 4. The second kappa shape index (κ2) is 5.25. The average Bonchev–Trinajstić information content (AvgIpc) is 2.77. The van der Waals surface area contributed by atoms with Crippen LogP contribution in [-0.4, -0.2) is 49.6 Å². The van der Waals surface area contributed by atoms with Crippen molar-refractivity contribution in [3.63, 3.8) is 0 Å². The molecule has 4 atom stereocenters. The molecule has 0 aromatic heterocycles. The molecule has 0 aliphatic carbocycles. The van der Waals surface area contributed by atoms with E-state index >= 15 is 0 Å². The van der Waals surface area contributed by atoms with Gasteiger partial charge in [0.15, 0.2) is 0 Å². The lowest BCUT2D eigenvalue weighted by Gasteiger charge is -2.17. The van der Waals surface area contributed by atoms with E-state index in [-0.39, 0.29) is 6.10 Å². The van der Waals surface area contributed by atoms with Gasteiger partial charge in [-0.05, 0) is 25.7 Å². The third-order valence-electron chi connectivity index (χ3n) is 3.53. The fourth-order valence-corrected chi connectivity index (χ4v) is 2.44. The van der Waals surface area contributed by atoms with E-state index < -0.39 is 0 Å². The summed E-state index contributed by atoms with van der Waals surface area (Å²) in [5, 5.41) is 16.1. The Morgan fingerprint density at radius 3 is 2.93 bits per heavy atom. The fourth-order valence-electron chi connectivity index (χ4n) is 2.44. The third-order valence-corrected chi connectivity index (χ3v) is 3.53. The van der Waals surface area contributed by atoms with E-state index in [1.54, 1.807) is 0 Å². The molecule has 0 spiro atoms. The second-order valence-corrected chi connectivity index (χ2v) is 4.78. The summed E-state index contributed by atoms with van der Waals surface area (Å²) in [5.74, 6) is 0.663. The zero-order valence-corrected chi connectivity index (χ0v) is 9.41. The quantitative estimate of drug-likeness (QED) is 0.603. The highest BCUT2D eigenvalue weighted by molar-refractivity contribution is 4.83. The molecular formula is C11H22N2O2. The first kappa shape index (κ1) is 11.3. The zero-order valence-electron chi connectivity index (χ0n) is 9.41. The maximum atomic E-state index is 9.34. The van der Waals surface area contributed by atoms with Crippen LogP contribution in [0.4, 0.5) is 0 Å². The highest BCUT2D eigenvalue weighted by atomic mass is 16.5. The van der Waals surface area contributed by atoms with Crippen LogP contribution in [0, 0.1) is 5.92 Å². The van der Waals surface area contributed by atoms with E-state index in [2.05, 4.69) is 17.6 Å². The first-order valence-corrected chi connectivity index (χ1v) is 5.99. The van der Waals surface area contributed by atoms with Crippen molar-refractivity contribution in [3.8, 4) is 0 Å². The van der Waals surface area contributed by atoms with Crippen LogP contribution in [0.25, 0.3) is 0 Å². The molecule has 2 fully saturated rings. The molecule has 2 rings (SSSR count). The molecular weight excluding hydrogens is 192 g/mol. The number of aliphatic hydroxyl groups excluding tert-OH is 1. The minimum absolute atomic E-state index is 0.148. The summed E-state index contributed by atoms with van der Waals surface area (Å²) in [6, 6.07) is 0.442. The Balaban J connectivity index is 1.58. The lowest BCUT2D eigenvalue weighted by molar-refractivity contribution is 0.105. The maximum Gasteiger partial charge on any atom is 0.0680 e. The number of ether oxygens (including phenoxy) is 1. The van der Waals surface area contributed by atoms with E-state index in [0.29, 0.717) is 18.1 Å². The van der Waals surface area contributed by atoms with Crippen LogP contribution >= 0.6 is 0 Å². The highest BCUT2D eigenvalue weighted by Crippen LogP contribution is 2.19. The molecule has 0 amide bonds. The van der Waals surface area contributed by atoms with Crippen molar-refractivity contribution in [2.45, 2.75) is 38.0 Å². The predicted molar refractivity (Wildman–Crippen MR) is 58.8 cm³/mol. The molecule has 88 valence electrons. The van der Waals surface area contributed by atoms with Crippen molar-refractivity contribution in [3.05, 3.63) is 0 Å². The summed E-state index contributed by atoms with van der Waals surface area (Å²) in [6.07, 6.45) is 2.31. The van der Waals surface area contributed by atoms with E-state index in [1.807, 2.05) is 0 Å². The van der Waals surface area contributed by atoms with Gasteiger partial charge in [-0.25, -0.2) is 0 Å². The van der Waals surface area contributed by atoms with Crippen molar-refractivity contribution in [1.82, 2.24) is 10.6 Å². The lowest BCUT2D eigenvalue weighted by atomic mass is 10.0. The third kappa shape index (κ3) is 3.14. The molecule has 4 unspecified atom stereocenters. The number of aliphatic hydroxyl groups is 1. The van der Waals surface area contributed by atoms with Gasteiger partial charge in [-0.1, -0.05) is 0 Å². The van der Waals surface area contributed by atoms with Gasteiger partial charge in [0.1, 0.15) is 0 Å². The molecule has 15 heavy (non-hydrogen) atoms. The van der Waals surface area contributed by atoms with Gasteiger partial charge in [-0.2, -0.15) is 0 Å². The van der Waals surface area contributed by atoms with Gasteiger partial charge in [0.2, 0.25) is 0 Å². The number of hydrogen-bond donors (Lipinski definition) is 3. The summed E-state index contributed by atoms with van der Waals surface area (Å²) >= 11 is 0. The SMILES string of the molecule is CC1OCCC1CNCC1CC(O)CN1. The first-order chi connectivity index (χ1) is 7.25. The molecule has 4 heteroatoms. The molecule has 2 aliphatic heterocycles. The monoisotopic (exact) mass is 214 g/mol. The Kier molecular flexibility index (Phi) is 3.97. The van der Waals surface area contributed by atoms with Crippen LogP contribution in [0.1, 0.15) is 19.8 Å². The fraction of sp³-hybridized carbons (Fsp3) is 1.00. The molecule has 4 nitrogen and oxygen atoms in total. The first-order valence-electron chi connectivity index (χ1n) is 5.99. The van der Waals surface area contributed by atoms with Crippen LogP contribution < -0.4 is 10.6 Å². The molecule has 3 N–H and O–H groups in total. The van der Waals surface area contributed by atoms with E-state index in [9.17, 15) is 5.11 Å². The molecule has 2 heterocycles. The van der Waals surface area contributed by atoms with Gasteiger partial charge in [0.25, 0.3) is 0 Å². The number of nitrogens with one attached hydrogen (secondary N) is 2. The summed E-state index contributed by atoms with van der Waals surface area (Å²) < 4.78 is 5.51. The normalized spacial score (nSPS) is 41.2. The minimum Gasteiger partial charge on any atom is -0.392 e. The molecule has 0 radical (unpaired) electrons. The summed E-state index contributed by atoms with van der Waals surface area (Å²) in [4.78, 5) is 0. The molecule has 2 saturated heterocycles. The van der Waals surface area contributed by atoms with Crippen molar-refractivity contribution >= 4 is 0 Å². The maximum absolute atomic E-state index is 9.34. The largest absolute Gasteiger partial charge is 0.392 e. The standard InChI is InChI=1S/C11H22N2O2/c1-8-9(2-3-15-8)5-12-6-10-4-11(14)7-13-10/h8-14H,2-7H2,1H3. The summed E-state index contributed by atoms with van der Waals surface area (Å²) in [5.41, 5.74) is 0. The van der Waals surface area contributed by atoms with Crippen LogP contribution in [0.5, 0.6) is 0 Å². The van der Waals surface area contributed by atoms with Crippen molar-refractivity contribution < 1.29 is 9.84 Å². The molecule has 0 saturated carbocycles. The Labute approximate surface area is 91.4 Å². The topological polar surface area (TPSA) is 53.5 Å². The van der Waals surface area contributed by atoms with Crippen LogP contribution in [-0.2, 0) is 4.74 Å². The van der Waals surface area contributed by atoms with E-state index in [4.69, 9.17) is 4.74 Å². The summed E-state index contributed by atoms with van der Waals surface area (Å²) in [6.45, 7) is 5.80. The van der Waals surface area contributed by atoms with Crippen LogP contribution in [0.3, 0.4) is 0 Å². The highest BCUT2D eigenvalue weighted by Gasteiger charge is 2.25. The van der Waals surface area contributed by atoms with Gasteiger partial charge in [0, 0.05) is 32.3 Å². The van der Waals surface area contributed by atoms with Crippen molar-refractivity contribution in [2.75, 3.05) is 26.2 Å². The smallest absolute Gasteiger partial charge is 0.0680 e. The summed E-state index contributed by atoms with van der Waals surface area (Å²) in [7, 11) is 0. The van der Waals surface area contributed by atoms with E-state index in [1.165, 1.54) is 6.42 Å². The Hall–Kier alpha value is -0.160. The Bertz CT molecular complexity index is 201. The van der Waals surface area contributed by atoms with Gasteiger partial charge >= 0.3 is 0 Å². The van der Waals surface area contributed by atoms with Crippen LogP contribution in [0.2, 0.25) is 0 Å². The van der Waals surface area contributed by atoms with Gasteiger partial charge < -0.3 is 20.5 Å². The zero-order chi connectivity index (χ0) is 10.7. The minimum atomic E-state index is -0.148. The van der Waals surface area contributed by atoms with Gasteiger partial charge in [-0.15, -0.1) is 0 Å². The lowest BCUT2D eigenvalue weighted by Crippen LogP contribution is -2.37. The van der Waals surface area contributed by atoms with E-state index in [0.717, 1.165) is 32.7 Å². The molecule has 0 aromatic carbocycles. The molecule has 0 bridgehead atoms. The Morgan fingerprint density at radius 1 is 1.47 bits per heavy atom.